The summed E-state index contributed by atoms with van der Waals surface area (Å²) in [4.78, 5) is 0. The van der Waals surface area contributed by atoms with Crippen molar-refractivity contribution in [2.45, 2.75) is 22.8 Å². The van der Waals surface area contributed by atoms with Gasteiger partial charge in [0.25, 0.3) is 0 Å². The van der Waals surface area contributed by atoms with Gasteiger partial charge in [0.1, 0.15) is 0 Å². The van der Waals surface area contributed by atoms with E-state index in [1.165, 1.54) is 0 Å². The molecule has 0 bridgehead atoms. The second kappa shape index (κ2) is 2.94. The Kier molecular flexibility index (Phi) is 1.92. The first-order valence-corrected chi connectivity index (χ1v) is 5.83. The van der Waals surface area contributed by atoms with Crippen LogP contribution < -0.4 is 0 Å². The lowest BCUT2D eigenvalue weighted by molar-refractivity contribution is -0.172. The van der Waals surface area contributed by atoms with Crippen LogP contribution in [0, 0.1) is 5.92 Å². The van der Waals surface area contributed by atoms with Crippen molar-refractivity contribution in [2.75, 3.05) is 0 Å². The molecule has 16 heavy (non-hydrogen) atoms. The average molecular weight is 248 g/mol. The van der Waals surface area contributed by atoms with Crippen LogP contribution >= 0.6 is 11.8 Å². The largest absolute Gasteiger partial charge is 0.357 e. The van der Waals surface area contributed by atoms with E-state index in [0.717, 1.165) is 5.56 Å². The van der Waals surface area contributed by atoms with Crippen molar-refractivity contribution in [1.82, 2.24) is 0 Å². The van der Waals surface area contributed by atoms with Crippen LogP contribution in [0.5, 0.6) is 0 Å². The lowest BCUT2D eigenvalue weighted by Crippen LogP contribution is -2.38. The van der Waals surface area contributed by atoms with E-state index in [2.05, 4.69) is 0 Å². The van der Waals surface area contributed by atoms with Gasteiger partial charge in [-0.15, -0.1) is 0 Å². The van der Waals surface area contributed by atoms with Gasteiger partial charge < -0.3 is 0 Å². The van der Waals surface area contributed by atoms with Crippen LogP contribution in [0.15, 0.2) is 24.3 Å². The van der Waals surface area contributed by atoms with Crippen LogP contribution in [0.25, 0.3) is 0 Å². The zero-order chi connectivity index (χ0) is 11.6. The van der Waals surface area contributed by atoms with Crippen LogP contribution in [-0.4, -0.2) is 11.2 Å². The number of hydrogen-bond donors (Lipinski definition) is 0. The molecular formula is C11H8F4S. The lowest BCUT2D eigenvalue weighted by Gasteiger charge is -2.21. The van der Waals surface area contributed by atoms with E-state index >= 15 is 0 Å². The third-order valence-electron chi connectivity index (χ3n) is 3.30. The zero-order valence-electron chi connectivity index (χ0n) is 8.09. The molecule has 0 radical (unpaired) electrons. The van der Waals surface area contributed by atoms with Gasteiger partial charge in [-0.25, -0.2) is 0 Å². The minimum Gasteiger partial charge on any atom is -0.198 e. The summed E-state index contributed by atoms with van der Waals surface area (Å²) in [5, 5.41) is -4.70. The van der Waals surface area contributed by atoms with Gasteiger partial charge in [0.15, 0.2) is 0 Å². The predicted molar refractivity (Wildman–Crippen MR) is 53.9 cm³/mol. The molecule has 0 aromatic heterocycles. The van der Waals surface area contributed by atoms with Gasteiger partial charge >= 0.3 is 11.2 Å². The lowest BCUT2D eigenvalue weighted by atomic mass is 9.98. The number of halogens is 4. The van der Waals surface area contributed by atoms with E-state index in [0.29, 0.717) is 5.56 Å². The van der Waals surface area contributed by atoms with Crippen molar-refractivity contribution in [3.8, 4) is 0 Å². The molecule has 0 N–H and O–H groups in total. The first-order valence-electron chi connectivity index (χ1n) is 4.95. The van der Waals surface area contributed by atoms with Crippen LogP contribution in [0.3, 0.4) is 0 Å². The summed E-state index contributed by atoms with van der Waals surface area (Å²) in [6.45, 7) is 0. The van der Waals surface area contributed by atoms with Gasteiger partial charge in [0, 0.05) is 5.25 Å². The minimum atomic E-state index is -3.93. The third-order valence-corrected chi connectivity index (χ3v) is 4.70. The Morgan fingerprint density at radius 2 is 1.81 bits per heavy atom. The fraction of sp³-hybridized carbons (Fsp3) is 0.455. The topological polar surface area (TPSA) is 0 Å². The summed E-state index contributed by atoms with van der Waals surface area (Å²) in [5.41, 5.74) is 1.43. The number of fused-ring (bicyclic) bond motifs is 3. The molecule has 1 saturated heterocycles. The number of benzene rings is 1. The molecule has 0 unspecified atom stereocenters. The first-order chi connectivity index (χ1) is 7.43. The second-order valence-corrected chi connectivity index (χ2v) is 5.44. The van der Waals surface area contributed by atoms with Gasteiger partial charge in [-0.3, -0.25) is 0 Å². The summed E-state index contributed by atoms with van der Waals surface area (Å²) >= 11 is 0.105. The van der Waals surface area contributed by atoms with Gasteiger partial charge in [-0.05, 0) is 17.5 Å². The number of thioether (sulfide) groups is 1. The maximum Gasteiger partial charge on any atom is 0.357 e. The maximum absolute atomic E-state index is 13.5. The Labute approximate surface area is 94.0 Å². The zero-order valence-corrected chi connectivity index (χ0v) is 8.91. The normalized spacial score (nSPS) is 33.5. The van der Waals surface area contributed by atoms with Crippen molar-refractivity contribution in [3.63, 3.8) is 0 Å². The maximum atomic E-state index is 13.5. The van der Waals surface area contributed by atoms with Crippen LogP contribution in [0.2, 0.25) is 0 Å². The highest BCUT2D eigenvalue weighted by Crippen LogP contribution is 2.67. The summed E-state index contributed by atoms with van der Waals surface area (Å²) in [7, 11) is 0. The summed E-state index contributed by atoms with van der Waals surface area (Å²) in [5.74, 6) is -5.16. The Morgan fingerprint density at radius 1 is 1.12 bits per heavy atom. The van der Waals surface area contributed by atoms with Crippen molar-refractivity contribution in [2.24, 2.45) is 5.92 Å². The van der Waals surface area contributed by atoms with Gasteiger partial charge in [0.05, 0.1) is 5.92 Å². The first kappa shape index (κ1) is 10.4. The van der Waals surface area contributed by atoms with Crippen molar-refractivity contribution < 1.29 is 17.6 Å². The van der Waals surface area contributed by atoms with Crippen molar-refractivity contribution >= 4 is 11.8 Å². The van der Waals surface area contributed by atoms with Crippen molar-refractivity contribution in [3.05, 3.63) is 35.4 Å². The summed E-state index contributed by atoms with van der Waals surface area (Å²) < 4.78 is 53.2. The fourth-order valence-corrected chi connectivity index (χ4v) is 3.89. The molecule has 3 rings (SSSR count). The van der Waals surface area contributed by atoms with E-state index in [1.54, 1.807) is 24.3 Å². The molecule has 1 aliphatic heterocycles. The van der Waals surface area contributed by atoms with Gasteiger partial charge in [-0.1, -0.05) is 36.0 Å². The molecule has 5 heteroatoms. The Morgan fingerprint density at radius 3 is 2.56 bits per heavy atom. The number of hydrogen-bond acceptors (Lipinski definition) is 1. The van der Waals surface area contributed by atoms with Crippen LogP contribution in [0.4, 0.5) is 17.6 Å². The predicted octanol–water partition coefficient (Wildman–Crippen LogP) is 3.87. The standard InChI is InChI=1S/C11H8F4S/c12-10(13)8-5-6-3-1-2-4-7(6)9(8)16-11(10,14)15/h1-4,8-9H,5H2/t8-,9-/m0/s1. The molecule has 2 atom stereocenters. The number of alkyl halides is 4. The number of rotatable bonds is 0. The molecule has 2 aliphatic rings. The highest BCUT2D eigenvalue weighted by molar-refractivity contribution is 8.00. The molecule has 0 spiro atoms. The molecule has 0 saturated carbocycles. The van der Waals surface area contributed by atoms with Crippen molar-refractivity contribution in [1.29, 1.82) is 0 Å². The molecule has 1 heterocycles. The Balaban J connectivity index is 2.08. The highest BCUT2D eigenvalue weighted by atomic mass is 32.2. The molecule has 0 nitrogen and oxygen atoms in total. The summed E-state index contributed by atoms with van der Waals surface area (Å²) in [6.07, 6.45) is 0.0520. The van der Waals surface area contributed by atoms with Crippen LogP contribution in [-0.2, 0) is 6.42 Å². The third kappa shape index (κ3) is 1.12. The van der Waals surface area contributed by atoms with E-state index in [-0.39, 0.29) is 18.2 Å². The Hall–Kier alpha value is -0.710. The SMILES string of the molecule is FC1(F)S[C@H]2c3ccccc3C[C@@H]2C1(F)F. The van der Waals surface area contributed by atoms with E-state index < -0.39 is 22.3 Å². The smallest absolute Gasteiger partial charge is 0.198 e. The molecule has 1 fully saturated rings. The molecule has 0 amide bonds. The fourth-order valence-electron chi connectivity index (χ4n) is 2.48. The molecule has 1 aromatic carbocycles. The molecule has 1 aromatic rings. The highest BCUT2D eigenvalue weighted by Gasteiger charge is 2.71. The van der Waals surface area contributed by atoms with E-state index in [4.69, 9.17) is 0 Å². The second-order valence-electron chi connectivity index (χ2n) is 4.19. The Bertz CT molecular complexity index is 443. The molecule has 86 valence electrons. The molecule has 1 aliphatic carbocycles. The minimum absolute atomic E-state index is 0.0520. The molecular weight excluding hydrogens is 240 g/mol. The van der Waals surface area contributed by atoms with E-state index in [9.17, 15) is 17.6 Å². The quantitative estimate of drug-likeness (QED) is 0.628. The van der Waals surface area contributed by atoms with Gasteiger partial charge in [0.2, 0.25) is 0 Å². The van der Waals surface area contributed by atoms with Crippen LogP contribution in [0.1, 0.15) is 16.4 Å². The van der Waals surface area contributed by atoms with E-state index in [1.807, 2.05) is 0 Å². The summed E-state index contributed by atoms with van der Waals surface area (Å²) in [6, 6.07) is 6.87. The van der Waals surface area contributed by atoms with Gasteiger partial charge in [-0.2, -0.15) is 17.6 Å². The monoisotopic (exact) mass is 248 g/mol. The average Bonchev–Trinajstić information content (AvgIpc) is 2.64.